The number of nitrogens with zero attached hydrogens (tertiary/aromatic N) is 1. The maximum Gasteiger partial charge on any atom is 0.306 e. The van der Waals surface area contributed by atoms with Crippen molar-refractivity contribution in [3.63, 3.8) is 0 Å². The van der Waals surface area contributed by atoms with Crippen molar-refractivity contribution < 1.29 is 19.1 Å². The fourth-order valence-electron chi connectivity index (χ4n) is 1.18. The zero-order valence-corrected chi connectivity index (χ0v) is 11.6. The molecule has 1 N–H and O–H groups in total. The van der Waals surface area contributed by atoms with Crippen LogP contribution in [0.2, 0.25) is 0 Å². The zero-order valence-electron chi connectivity index (χ0n) is 10.0. The highest BCUT2D eigenvalue weighted by atomic mass is 79.9. The molecule has 0 spiro atoms. The number of esters is 1. The summed E-state index contributed by atoms with van der Waals surface area (Å²) in [6, 6.07) is 1.68. The molecule has 0 bridgehead atoms. The Kier molecular flexibility index (Phi) is 5.57. The fourth-order valence-corrected chi connectivity index (χ4v) is 1.49. The predicted octanol–water partition coefficient (Wildman–Crippen LogP) is 1.74. The van der Waals surface area contributed by atoms with Crippen molar-refractivity contribution in [2.24, 2.45) is 0 Å². The number of rotatable bonds is 5. The summed E-state index contributed by atoms with van der Waals surface area (Å²) in [6.45, 7) is 0. The first-order valence-corrected chi connectivity index (χ1v) is 5.92. The van der Waals surface area contributed by atoms with E-state index >= 15 is 0 Å². The number of pyridine rings is 1. The average Bonchev–Trinajstić information content (AvgIpc) is 2.37. The van der Waals surface area contributed by atoms with E-state index in [2.05, 4.69) is 31.0 Å². The summed E-state index contributed by atoms with van der Waals surface area (Å²) in [6.07, 6.45) is 1.60. The second kappa shape index (κ2) is 6.95. The number of ether oxygens (including phenoxy) is 2. The quantitative estimate of drug-likeness (QED) is 0.837. The monoisotopic (exact) mass is 316 g/mol. The summed E-state index contributed by atoms with van der Waals surface area (Å²) in [7, 11) is 2.76. The molecule has 0 aliphatic carbocycles. The van der Waals surface area contributed by atoms with E-state index in [0.717, 1.165) is 4.47 Å². The van der Waals surface area contributed by atoms with Gasteiger partial charge >= 0.3 is 5.97 Å². The van der Waals surface area contributed by atoms with E-state index in [0.29, 0.717) is 11.6 Å². The Hall–Kier alpha value is -1.63. The largest absolute Gasteiger partial charge is 0.493 e. The molecule has 1 heterocycles. The number of anilines is 1. The van der Waals surface area contributed by atoms with Gasteiger partial charge in [-0.1, -0.05) is 0 Å². The Morgan fingerprint density at radius 2 is 2.11 bits per heavy atom. The molecule has 7 heteroatoms. The smallest absolute Gasteiger partial charge is 0.306 e. The van der Waals surface area contributed by atoms with Gasteiger partial charge in [0.05, 0.1) is 20.6 Å². The third-order valence-corrected chi connectivity index (χ3v) is 2.51. The molecule has 0 radical (unpaired) electrons. The first-order chi connectivity index (χ1) is 8.56. The van der Waals surface area contributed by atoms with Gasteiger partial charge in [0.15, 0.2) is 11.6 Å². The first kappa shape index (κ1) is 14.4. The van der Waals surface area contributed by atoms with E-state index in [-0.39, 0.29) is 18.7 Å². The number of hydrogen-bond acceptors (Lipinski definition) is 5. The molecular weight excluding hydrogens is 304 g/mol. The first-order valence-electron chi connectivity index (χ1n) is 5.13. The normalized spacial score (nSPS) is 9.72. The molecule has 0 fully saturated rings. The van der Waals surface area contributed by atoms with Crippen molar-refractivity contribution in [2.75, 3.05) is 19.5 Å². The molecule has 18 heavy (non-hydrogen) atoms. The summed E-state index contributed by atoms with van der Waals surface area (Å²) in [4.78, 5) is 26.5. The molecule has 0 atom stereocenters. The van der Waals surface area contributed by atoms with Crippen molar-refractivity contribution in [3.8, 4) is 5.75 Å². The second-order valence-corrected chi connectivity index (χ2v) is 4.24. The molecule has 1 aromatic heterocycles. The van der Waals surface area contributed by atoms with Gasteiger partial charge in [0.25, 0.3) is 0 Å². The number of carbonyl (C=O) groups excluding carboxylic acids is 2. The van der Waals surface area contributed by atoms with Crippen LogP contribution in [0.3, 0.4) is 0 Å². The molecule has 0 aromatic carbocycles. The van der Waals surface area contributed by atoms with Gasteiger partial charge in [-0.2, -0.15) is 0 Å². The van der Waals surface area contributed by atoms with Crippen LogP contribution < -0.4 is 10.1 Å². The summed E-state index contributed by atoms with van der Waals surface area (Å²) >= 11 is 3.25. The van der Waals surface area contributed by atoms with Crippen molar-refractivity contribution in [2.45, 2.75) is 12.8 Å². The number of aromatic nitrogens is 1. The Labute approximate surface area is 113 Å². The molecule has 98 valence electrons. The number of carbonyl (C=O) groups is 2. The van der Waals surface area contributed by atoms with Gasteiger partial charge in [-0.3, -0.25) is 9.59 Å². The highest BCUT2D eigenvalue weighted by Crippen LogP contribution is 2.25. The third kappa shape index (κ3) is 4.33. The number of amides is 1. The van der Waals surface area contributed by atoms with E-state index in [1.807, 2.05) is 0 Å². The van der Waals surface area contributed by atoms with Crippen LogP contribution in [0.1, 0.15) is 12.8 Å². The van der Waals surface area contributed by atoms with Crippen molar-refractivity contribution in [1.82, 2.24) is 4.98 Å². The van der Waals surface area contributed by atoms with Crippen LogP contribution in [0.4, 0.5) is 5.82 Å². The van der Waals surface area contributed by atoms with Crippen LogP contribution in [0.5, 0.6) is 5.75 Å². The lowest BCUT2D eigenvalue weighted by Crippen LogP contribution is -2.15. The van der Waals surface area contributed by atoms with Gasteiger partial charge in [0.1, 0.15) is 0 Å². The predicted molar refractivity (Wildman–Crippen MR) is 68.4 cm³/mol. The summed E-state index contributed by atoms with van der Waals surface area (Å²) in [5.41, 5.74) is 0. The van der Waals surface area contributed by atoms with Gasteiger partial charge in [-0.05, 0) is 22.0 Å². The van der Waals surface area contributed by atoms with Gasteiger partial charge in [-0.15, -0.1) is 0 Å². The molecule has 6 nitrogen and oxygen atoms in total. The van der Waals surface area contributed by atoms with Crippen molar-refractivity contribution >= 4 is 33.6 Å². The Morgan fingerprint density at radius 3 is 2.72 bits per heavy atom. The number of methoxy groups -OCH3 is 2. The SMILES string of the molecule is COC(=O)CCC(=O)Nc1ncc(Br)cc1OC. The average molecular weight is 317 g/mol. The minimum absolute atomic E-state index is 0.0289. The Balaban J connectivity index is 2.61. The Morgan fingerprint density at radius 1 is 1.39 bits per heavy atom. The van der Waals surface area contributed by atoms with Crippen LogP contribution in [0.15, 0.2) is 16.7 Å². The summed E-state index contributed by atoms with van der Waals surface area (Å²) < 4.78 is 10.3. The summed E-state index contributed by atoms with van der Waals surface area (Å²) in [5, 5.41) is 2.56. The van der Waals surface area contributed by atoms with Crippen LogP contribution in [-0.4, -0.2) is 31.1 Å². The van der Waals surface area contributed by atoms with Crippen molar-refractivity contribution in [3.05, 3.63) is 16.7 Å². The van der Waals surface area contributed by atoms with Crippen LogP contribution in [0, 0.1) is 0 Å². The van der Waals surface area contributed by atoms with Gasteiger partial charge in [0.2, 0.25) is 5.91 Å². The molecule has 0 aliphatic heterocycles. The highest BCUT2D eigenvalue weighted by Gasteiger charge is 2.11. The molecule has 1 amide bonds. The lowest BCUT2D eigenvalue weighted by atomic mass is 10.3. The minimum atomic E-state index is -0.430. The van der Waals surface area contributed by atoms with E-state index in [1.54, 1.807) is 12.3 Å². The second-order valence-electron chi connectivity index (χ2n) is 3.33. The van der Waals surface area contributed by atoms with E-state index in [4.69, 9.17) is 4.74 Å². The summed E-state index contributed by atoms with van der Waals surface area (Å²) in [5.74, 6) is 0.000705. The highest BCUT2D eigenvalue weighted by molar-refractivity contribution is 9.10. The zero-order chi connectivity index (χ0) is 13.5. The molecule has 0 unspecified atom stereocenters. The maximum absolute atomic E-state index is 11.6. The van der Waals surface area contributed by atoms with Crippen LogP contribution in [-0.2, 0) is 14.3 Å². The maximum atomic E-state index is 11.6. The standard InChI is InChI=1S/C11H13BrN2O4/c1-17-8-5-7(12)6-13-11(8)14-9(15)3-4-10(16)18-2/h5-6H,3-4H2,1-2H3,(H,13,14,15). The molecule has 1 rings (SSSR count). The van der Waals surface area contributed by atoms with Crippen LogP contribution in [0.25, 0.3) is 0 Å². The molecule has 0 saturated heterocycles. The fraction of sp³-hybridized carbons (Fsp3) is 0.364. The lowest BCUT2D eigenvalue weighted by molar-refractivity contribution is -0.141. The topological polar surface area (TPSA) is 77.5 Å². The number of halogens is 1. The number of hydrogen-bond donors (Lipinski definition) is 1. The van der Waals surface area contributed by atoms with Crippen LogP contribution >= 0.6 is 15.9 Å². The van der Waals surface area contributed by atoms with Gasteiger partial charge < -0.3 is 14.8 Å². The van der Waals surface area contributed by atoms with Crippen molar-refractivity contribution in [1.29, 1.82) is 0 Å². The lowest BCUT2D eigenvalue weighted by Gasteiger charge is -2.09. The molecule has 0 saturated carbocycles. The molecule has 0 aliphatic rings. The molecule has 1 aromatic rings. The van der Waals surface area contributed by atoms with E-state index in [1.165, 1.54) is 14.2 Å². The molecular formula is C11H13BrN2O4. The van der Waals surface area contributed by atoms with E-state index in [9.17, 15) is 9.59 Å². The number of nitrogens with one attached hydrogen (secondary N) is 1. The van der Waals surface area contributed by atoms with E-state index < -0.39 is 5.97 Å². The Bertz CT molecular complexity index is 451. The minimum Gasteiger partial charge on any atom is -0.493 e. The van der Waals surface area contributed by atoms with Gasteiger partial charge in [-0.25, -0.2) is 4.98 Å². The van der Waals surface area contributed by atoms with Gasteiger partial charge in [0, 0.05) is 17.1 Å². The third-order valence-electron chi connectivity index (χ3n) is 2.08.